The quantitative estimate of drug-likeness (QED) is 0.445. The van der Waals surface area contributed by atoms with Gasteiger partial charge in [-0.15, -0.1) is 0 Å². The summed E-state index contributed by atoms with van der Waals surface area (Å²) < 4.78 is 14.4. The molecule has 0 saturated carbocycles. The van der Waals surface area contributed by atoms with Crippen LogP contribution in [-0.4, -0.2) is 50.2 Å². The van der Waals surface area contributed by atoms with Crippen molar-refractivity contribution in [3.63, 3.8) is 0 Å². The first kappa shape index (κ1) is 23.9. The van der Waals surface area contributed by atoms with E-state index in [0.717, 1.165) is 5.56 Å². The van der Waals surface area contributed by atoms with Gasteiger partial charge < -0.3 is 24.8 Å². The second-order valence-corrected chi connectivity index (χ2v) is 6.63. The molecule has 2 N–H and O–H groups in total. The molecule has 0 saturated heterocycles. The number of hydrogen-bond donors (Lipinski definition) is 2. The van der Waals surface area contributed by atoms with E-state index in [1.54, 1.807) is 13.8 Å². The number of carbonyl (C=O) groups is 4. The molecule has 0 aliphatic carbocycles. The van der Waals surface area contributed by atoms with Crippen molar-refractivity contribution in [2.24, 2.45) is 5.92 Å². The Morgan fingerprint density at radius 2 is 1.62 bits per heavy atom. The molecule has 0 unspecified atom stereocenters. The molecule has 0 aromatic heterocycles. The van der Waals surface area contributed by atoms with Crippen LogP contribution in [0.5, 0.6) is 0 Å². The summed E-state index contributed by atoms with van der Waals surface area (Å²) in [6.07, 6.45) is -0.823. The van der Waals surface area contributed by atoms with Crippen molar-refractivity contribution in [1.29, 1.82) is 0 Å². The third-order valence-electron chi connectivity index (χ3n) is 4.10. The van der Waals surface area contributed by atoms with Crippen LogP contribution < -0.4 is 10.6 Å². The van der Waals surface area contributed by atoms with Crippen LogP contribution in [0.25, 0.3) is 0 Å². The van der Waals surface area contributed by atoms with E-state index in [4.69, 9.17) is 4.74 Å². The van der Waals surface area contributed by atoms with E-state index in [9.17, 15) is 19.2 Å². The summed E-state index contributed by atoms with van der Waals surface area (Å²) in [5.74, 6) is -2.08. The molecular formula is C20H28N2O7. The van der Waals surface area contributed by atoms with Gasteiger partial charge in [0.05, 0.1) is 14.2 Å². The highest BCUT2D eigenvalue weighted by Gasteiger charge is 2.30. The van der Waals surface area contributed by atoms with Gasteiger partial charge in [-0.25, -0.2) is 9.59 Å². The number of rotatable bonds is 10. The zero-order valence-electron chi connectivity index (χ0n) is 17.1. The summed E-state index contributed by atoms with van der Waals surface area (Å²) >= 11 is 0. The molecular weight excluding hydrogens is 380 g/mol. The maximum atomic E-state index is 12.6. The highest BCUT2D eigenvalue weighted by Crippen LogP contribution is 2.07. The second kappa shape index (κ2) is 12.4. The Kier molecular flexibility index (Phi) is 10.2. The van der Waals surface area contributed by atoms with Crippen molar-refractivity contribution >= 4 is 23.9 Å². The first-order valence-electron chi connectivity index (χ1n) is 9.20. The third-order valence-corrected chi connectivity index (χ3v) is 4.10. The van der Waals surface area contributed by atoms with Crippen molar-refractivity contribution in [2.45, 2.75) is 45.4 Å². The zero-order valence-corrected chi connectivity index (χ0v) is 17.1. The van der Waals surface area contributed by atoms with Gasteiger partial charge in [0.25, 0.3) is 0 Å². The van der Waals surface area contributed by atoms with Gasteiger partial charge in [-0.1, -0.05) is 44.2 Å². The molecule has 0 radical (unpaired) electrons. The minimum absolute atomic E-state index is 0.00829. The van der Waals surface area contributed by atoms with Crippen molar-refractivity contribution in [2.75, 3.05) is 14.2 Å². The lowest BCUT2D eigenvalue weighted by molar-refractivity contribution is -0.146. The van der Waals surface area contributed by atoms with Crippen molar-refractivity contribution in [1.82, 2.24) is 10.6 Å². The van der Waals surface area contributed by atoms with Gasteiger partial charge >= 0.3 is 18.0 Å². The highest BCUT2D eigenvalue weighted by atomic mass is 16.5. The molecule has 160 valence electrons. The van der Waals surface area contributed by atoms with Crippen molar-refractivity contribution in [3.05, 3.63) is 35.9 Å². The average molecular weight is 408 g/mol. The number of ether oxygens (including phenoxy) is 3. The number of methoxy groups -OCH3 is 2. The van der Waals surface area contributed by atoms with Gasteiger partial charge in [-0.2, -0.15) is 0 Å². The van der Waals surface area contributed by atoms with E-state index in [2.05, 4.69) is 20.1 Å². The van der Waals surface area contributed by atoms with Gasteiger partial charge in [0.1, 0.15) is 18.7 Å². The molecule has 0 bridgehead atoms. The zero-order chi connectivity index (χ0) is 21.8. The molecule has 29 heavy (non-hydrogen) atoms. The van der Waals surface area contributed by atoms with Crippen LogP contribution in [0.2, 0.25) is 0 Å². The minimum atomic E-state index is -1.05. The van der Waals surface area contributed by atoms with Crippen LogP contribution >= 0.6 is 0 Å². The van der Waals surface area contributed by atoms with E-state index < -0.39 is 36.0 Å². The molecule has 2 amide bonds. The first-order valence-corrected chi connectivity index (χ1v) is 9.20. The number of hydrogen-bond acceptors (Lipinski definition) is 7. The summed E-state index contributed by atoms with van der Waals surface area (Å²) in [5.41, 5.74) is 0.807. The molecule has 2 atom stereocenters. The first-order chi connectivity index (χ1) is 13.8. The lowest BCUT2D eigenvalue weighted by Crippen LogP contribution is -2.54. The molecule has 0 spiro atoms. The fourth-order valence-corrected chi connectivity index (χ4v) is 2.44. The van der Waals surface area contributed by atoms with Crippen LogP contribution in [0.1, 0.15) is 32.3 Å². The molecule has 1 aromatic rings. The normalized spacial score (nSPS) is 12.4. The Morgan fingerprint density at radius 1 is 0.966 bits per heavy atom. The molecule has 9 nitrogen and oxygen atoms in total. The topological polar surface area (TPSA) is 120 Å². The van der Waals surface area contributed by atoms with E-state index in [-0.39, 0.29) is 25.4 Å². The lowest BCUT2D eigenvalue weighted by atomic mass is 10.0. The van der Waals surface area contributed by atoms with Crippen LogP contribution in [0, 0.1) is 5.92 Å². The van der Waals surface area contributed by atoms with Crippen LogP contribution in [-0.2, 0) is 35.2 Å². The highest BCUT2D eigenvalue weighted by molar-refractivity contribution is 5.90. The average Bonchev–Trinajstić information content (AvgIpc) is 2.72. The van der Waals surface area contributed by atoms with E-state index in [1.165, 1.54) is 14.2 Å². The standard InChI is InChI=1S/C20H28N2O7/c1-13(2)17(22-20(26)29-12-14-8-6-5-7-9-14)18(24)21-15(19(25)28-4)10-11-16(23)27-3/h5-9,13,15,17H,10-12H2,1-4H3,(H,21,24)(H,22,26)/t15-,17-/m1/s1. The number of nitrogens with one attached hydrogen (secondary N) is 2. The summed E-state index contributed by atoms with van der Waals surface area (Å²) in [4.78, 5) is 48.0. The van der Waals surface area contributed by atoms with E-state index in [1.807, 2.05) is 30.3 Å². The molecule has 9 heteroatoms. The Bertz CT molecular complexity index is 691. The van der Waals surface area contributed by atoms with Gasteiger partial charge in [-0.05, 0) is 17.9 Å². The van der Waals surface area contributed by atoms with Gasteiger partial charge in [0.2, 0.25) is 5.91 Å². The van der Waals surface area contributed by atoms with Crippen LogP contribution in [0.3, 0.4) is 0 Å². The molecule has 0 aliphatic rings. The third kappa shape index (κ3) is 8.63. The predicted octanol–water partition coefficient (Wildman–Crippen LogP) is 1.55. The summed E-state index contributed by atoms with van der Waals surface area (Å²) in [5, 5.41) is 5.02. The SMILES string of the molecule is COC(=O)CC[C@@H](NC(=O)[C@H](NC(=O)OCc1ccccc1)C(C)C)C(=O)OC. The van der Waals surface area contributed by atoms with Crippen molar-refractivity contribution in [3.8, 4) is 0 Å². The van der Waals surface area contributed by atoms with Crippen LogP contribution in [0.15, 0.2) is 30.3 Å². The fourth-order valence-electron chi connectivity index (χ4n) is 2.44. The van der Waals surface area contributed by atoms with Gasteiger partial charge in [0.15, 0.2) is 0 Å². The summed E-state index contributed by atoms with van der Waals surface area (Å²) in [7, 11) is 2.41. The lowest BCUT2D eigenvalue weighted by Gasteiger charge is -2.24. The monoisotopic (exact) mass is 408 g/mol. The predicted molar refractivity (Wildman–Crippen MR) is 104 cm³/mol. The Morgan fingerprint density at radius 3 is 2.17 bits per heavy atom. The Hall–Kier alpha value is -3.10. The Labute approximate surface area is 170 Å². The summed E-state index contributed by atoms with van der Waals surface area (Å²) in [6, 6.07) is 7.12. The van der Waals surface area contributed by atoms with Gasteiger partial charge in [-0.3, -0.25) is 9.59 Å². The maximum absolute atomic E-state index is 12.6. The number of carbonyl (C=O) groups excluding carboxylic acids is 4. The smallest absolute Gasteiger partial charge is 0.408 e. The Balaban J connectivity index is 2.69. The maximum Gasteiger partial charge on any atom is 0.408 e. The second-order valence-electron chi connectivity index (χ2n) is 6.63. The molecule has 0 fully saturated rings. The molecule has 0 heterocycles. The van der Waals surface area contributed by atoms with Gasteiger partial charge in [0, 0.05) is 6.42 Å². The molecule has 1 rings (SSSR count). The number of benzene rings is 1. The summed E-state index contributed by atoms with van der Waals surface area (Å²) in [6.45, 7) is 3.54. The minimum Gasteiger partial charge on any atom is -0.469 e. The van der Waals surface area contributed by atoms with E-state index >= 15 is 0 Å². The number of esters is 2. The van der Waals surface area contributed by atoms with Crippen molar-refractivity contribution < 1.29 is 33.4 Å². The number of alkyl carbamates (subject to hydrolysis) is 1. The largest absolute Gasteiger partial charge is 0.469 e. The molecule has 0 aliphatic heterocycles. The number of amides is 2. The van der Waals surface area contributed by atoms with E-state index in [0.29, 0.717) is 0 Å². The molecule has 1 aromatic carbocycles. The van der Waals surface area contributed by atoms with Crippen LogP contribution in [0.4, 0.5) is 4.79 Å². The fraction of sp³-hybridized carbons (Fsp3) is 0.500.